The molecule has 1 heterocycles. The number of ketones is 4. The smallest absolute Gasteiger partial charge is 0.175 e. The third-order valence-electron chi connectivity index (χ3n) is 6.06. The van der Waals surface area contributed by atoms with E-state index in [1.165, 1.54) is 30.5 Å². The van der Waals surface area contributed by atoms with Crippen LogP contribution in [0.15, 0.2) is 48.7 Å². The van der Waals surface area contributed by atoms with E-state index in [2.05, 4.69) is 4.98 Å². The van der Waals surface area contributed by atoms with Gasteiger partial charge in [-0.25, -0.2) is 0 Å². The summed E-state index contributed by atoms with van der Waals surface area (Å²) in [5, 5.41) is 0.486. The van der Waals surface area contributed by atoms with Crippen LogP contribution in [-0.2, 0) is 0 Å². The van der Waals surface area contributed by atoms with Crippen LogP contribution in [0.1, 0.15) is 53.0 Å². The summed E-state index contributed by atoms with van der Waals surface area (Å²) in [5.41, 5.74) is 0.665. The topological polar surface area (TPSA) is 81.2 Å². The van der Waals surface area contributed by atoms with Crippen molar-refractivity contribution in [3.8, 4) is 0 Å². The van der Waals surface area contributed by atoms with E-state index in [0.717, 1.165) is 0 Å². The fourth-order valence-electron chi connectivity index (χ4n) is 4.58. The van der Waals surface area contributed by atoms with Gasteiger partial charge in [-0.05, 0) is 36.4 Å². The molecule has 1 aromatic heterocycles. The maximum atomic E-state index is 13.4. The number of rotatable bonds is 3. The maximum Gasteiger partial charge on any atom is 0.175 e. The molecule has 0 amide bonds. The monoisotopic (exact) mass is 517 g/mol. The lowest BCUT2D eigenvalue weighted by Crippen LogP contribution is -2.35. The number of carbonyl (C=O) groups is 4. The number of pyridine rings is 1. The zero-order chi connectivity index (χ0) is 23.6. The van der Waals surface area contributed by atoms with E-state index in [9.17, 15) is 19.2 Å². The number of aromatic nitrogens is 1. The van der Waals surface area contributed by atoms with Gasteiger partial charge in [-0.1, -0.05) is 52.5 Å². The summed E-state index contributed by atoms with van der Waals surface area (Å²) in [6.45, 7) is 0. The van der Waals surface area contributed by atoms with Crippen LogP contribution >= 0.6 is 46.4 Å². The second kappa shape index (κ2) is 8.03. The van der Waals surface area contributed by atoms with Crippen LogP contribution in [0.2, 0.25) is 20.1 Å². The summed E-state index contributed by atoms with van der Waals surface area (Å²) in [4.78, 5) is 58.0. The molecular formula is C24H11Cl4NO4. The van der Waals surface area contributed by atoms with Gasteiger partial charge >= 0.3 is 0 Å². The molecule has 0 bridgehead atoms. The predicted molar refractivity (Wildman–Crippen MR) is 124 cm³/mol. The number of benzene rings is 2. The highest BCUT2D eigenvalue weighted by Gasteiger charge is 2.54. The van der Waals surface area contributed by atoms with E-state index in [0.29, 0.717) is 0 Å². The Labute approximate surface area is 207 Å². The van der Waals surface area contributed by atoms with Crippen molar-refractivity contribution in [1.82, 2.24) is 4.98 Å². The van der Waals surface area contributed by atoms with E-state index < -0.39 is 40.9 Å². The number of nitrogens with zero attached hydrogens (tertiary/aromatic N) is 1. The van der Waals surface area contributed by atoms with Gasteiger partial charge in [0.2, 0.25) is 0 Å². The van der Waals surface area contributed by atoms with Crippen molar-refractivity contribution in [2.45, 2.75) is 5.92 Å². The number of hydrogen-bond acceptors (Lipinski definition) is 5. The first-order valence-electron chi connectivity index (χ1n) is 9.76. The number of hydrogen-bond donors (Lipinski definition) is 0. The first-order valence-corrected chi connectivity index (χ1v) is 11.3. The van der Waals surface area contributed by atoms with Crippen LogP contribution in [0.4, 0.5) is 0 Å². The Bertz CT molecular complexity index is 1230. The Balaban J connectivity index is 1.68. The van der Waals surface area contributed by atoms with Gasteiger partial charge in [0.1, 0.15) is 0 Å². The highest BCUT2D eigenvalue weighted by atomic mass is 35.5. The van der Waals surface area contributed by atoms with E-state index in [-0.39, 0.29) is 48.0 Å². The van der Waals surface area contributed by atoms with Gasteiger partial charge in [-0.15, -0.1) is 0 Å². The molecule has 164 valence electrons. The van der Waals surface area contributed by atoms with Crippen molar-refractivity contribution in [1.29, 1.82) is 0 Å². The third kappa shape index (κ3) is 3.34. The third-order valence-corrected chi connectivity index (χ3v) is 7.50. The predicted octanol–water partition coefficient (Wildman–Crippen LogP) is 6.17. The molecule has 0 fully saturated rings. The molecule has 2 aliphatic rings. The number of fused-ring (bicyclic) bond motifs is 2. The molecule has 0 saturated heterocycles. The standard InChI is InChI=1S/C24H11Cl4NO4/c25-13-5-9-10(6-14(13)26)22(31)19(21(9)30)18(17-3-1-2-4-29-17)20-23(32)11-7-15(27)16(28)8-12(11)24(20)33/h1-8,18-20H. The molecule has 2 aliphatic carbocycles. The highest BCUT2D eigenvalue weighted by molar-refractivity contribution is 6.44. The van der Waals surface area contributed by atoms with Crippen LogP contribution in [0.3, 0.4) is 0 Å². The van der Waals surface area contributed by atoms with Crippen molar-refractivity contribution >= 4 is 69.5 Å². The summed E-state index contributed by atoms with van der Waals surface area (Å²) >= 11 is 24.3. The first-order chi connectivity index (χ1) is 15.7. The fourth-order valence-corrected chi connectivity index (χ4v) is 5.23. The SMILES string of the molecule is O=C1c2cc(Cl)c(Cl)cc2C(=O)C1C(c1ccccn1)C1C(=O)c2cc(Cl)c(Cl)cc2C1=O. The average molecular weight is 519 g/mol. The number of Topliss-reactive ketones (excluding diaryl/α,β-unsaturated/α-hetero) is 4. The summed E-state index contributed by atoms with van der Waals surface area (Å²) in [7, 11) is 0. The zero-order valence-electron chi connectivity index (χ0n) is 16.4. The second-order valence-electron chi connectivity index (χ2n) is 7.82. The molecule has 0 radical (unpaired) electrons. The zero-order valence-corrected chi connectivity index (χ0v) is 19.5. The lowest BCUT2D eigenvalue weighted by atomic mass is 9.74. The number of halogens is 4. The Morgan fingerprint density at radius 1 is 0.606 bits per heavy atom. The highest BCUT2D eigenvalue weighted by Crippen LogP contribution is 2.47. The van der Waals surface area contributed by atoms with Crippen LogP contribution in [0.5, 0.6) is 0 Å². The minimum atomic E-state index is -1.34. The molecule has 9 heteroatoms. The Hall–Kier alpha value is -2.57. The molecular weight excluding hydrogens is 508 g/mol. The second-order valence-corrected chi connectivity index (χ2v) is 9.45. The molecule has 3 aromatic rings. The van der Waals surface area contributed by atoms with E-state index in [4.69, 9.17) is 46.4 Å². The minimum Gasteiger partial charge on any atom is -0.293 e. The normalized spacial score (nSPS) is 16.2. The minimum absolute atomic E-state index is 0.0989. The Morgan fingerprint density at radius 3 is 1.27 bits per heavy atom. The Morgan fingerprint density at radius 2 is 0.970 bits per heavy atom. The fraction of sp³-hybridized carbons (Fsp3) is 0.125. The molecule has 0 N–H and O–H groups in total. The van der Waals surface area contributed by atoms with Gasteiger partial charge < -0.3 is 0 Å². The van der Waals surface area contributed by atoms with Gasteiger partial charge in [0.05, 0.1) is 31.9 Å². The van der Waals surface area contributed by atoms with Crippen molar-refractivity contribution in [2.24, 2.45) is 11.8 Å². The molecule has 0 spiro atoms. The first kappa shape index (κ1) is 22.2. The van der Waals surface area contributed by atoms with E-state index >= 15 is 0 Å². The van der Waals surface area contributed by atoms with Crippen LogP contribution in [-0.4, -0.2) is 28.1 Å². The van der Waals surface area contributed by atoms with Crippen LogP contribution < -0.4 is 0 Å². The van der Waals surface area contributed by atoms with Crippen molar-refractivity contribution in [3.05, 3.63) is 96.7 Å². The molecule has 5 nitrogen and oxygen atoms in total. The van der Waals surface area contributed by atoms with Gasteiger partial charge in [-0.2, -0.15) is 0 Å². The molecule has 0 aliphatic heterocycles. The number of carbonyl (C=O) groups excluding carboxylic acids is 4. The molecule has 0 atom stereocenters. The van der Waals surface area contributed by atoms with Crippen molar-refractivity contribution in [2.75, 3.05) is 0 Å². The van der Waals surface area contributed by atoms with Crippen LogP contribution in [0, 0.1) is 11.8 Å². The van der Waals surface area contributed by atoms with Gasteiger partial charge in [-0.3, -0.25) is 24.2 Å². The summed E-state index contributed by atoms with van der Waals surface area (Å²) in [6.07, 6.45) is 1.47. The van der Waals surface area contributed by atoms with Gasteiger partial charge in [0.25, 0.3) is 0 Å². The largest absolute Gasteiger partial charge is 0.293 e. The maximum absolute atomic E-state index is 13.4. The molecule has 0 unspecified atom stereocenters. The molecule has 33 heavy (non-hydrogen) atoms. The summed E-state index contributed by atoms with van der Waals surface area (Å²) in [5.74, 6) is -6.01. The van der Waals surface area contributed by atoms with E-state index in [1.807, 2.05) is 0 Å². The van der Waals surface area contributed by atoms with Crippen molar-refractivity contribution < 1.29 is 19.2 Å². The van der Waals surface area contributed by atoms with Crippen molar-refractivity contribution in [3.63, 3.8) is 0 Å². The van der Waals surface area contributed by atoms with E-state index in [1.54, 1.807) is 18.2 Å². The van der Waals surface area contributed by atoms with Gasteiger partial charge in [0, 0.05) is 40.1 Å². The summed E-state index contributed by atoms with van der Waals surface area (Å²) in [6, 6.07) is 10.2. The lowest BCUT2D eigenvalue weighted by Gasteiger charge is -2.25. The molecule has 5 rings (SSSR count). The molecule has 2 aromatic carbocycles. The summed E-state index contributed by atoms with van der Waals surface area (Å²) < 4.78 is 0. The molecule has 0 saturated carbocycles. The van der Waals surface area contributed by atoms with Gasteiger partial charge in [0.15, 0.2) is 23.1 Å². The average Bonchev–Trinajstić information content (AvgIpc) is 3.16. The van der Waals surface area contributed by atoms with Crippen LogP contribution in [0.25, 0.3) is 0 Å². The Kier molecular flexibility index (Phi) is 5.41. The quantitative estimate of drug-likeness (QED) is 0.387. The lowest BCUT2D eigenvalue weighted by molar-refractivity contribution is 0.0726.